The van der Waals surface area contributed by atoms with Gasteiger partial charge < -0.3 is 14.6 Å². The average Bonchev–Trinajstić information content (AvgIpc) is 2.32. The van der Waals surface area contributed by atoms with Crippen molar-refractivity contribution in [3.63, 3.8) is 0 Å². The Balaban J connectivity index is 2.67. The highest BCUT2D eigenvalue weighted by atomic mass is 19.4. The maximum absolute atomic E-state index is 13.3. The fourth-order valence-corrected chi connectivity index (χ4v) is 1.40. The van der Waals surface area contributed by atoms with Crippen LogP contribution in [-0.4, -0.2) is 32.0 Å². The van der Waals surface area contributed by atoms with Gasteiger partial charge in [0.25, 0.3) is 0 Å². The third kappa shape index (κ3) is 4.77. The van der Waals surface area contributed by atoms with Crippen LogP contribution in [0.15, 0.2) is 18.2 Å². The van der Waals surface area contributed by atoms with E-state index in [9.17, 15) is 22.7 Å². The summed E-state index contributed by atoms with van der Waals surface area (Å²) in [6.07, 6.45) is -5.93. The van der Waals surface area contributed by atoms with Gasteiger partial charge in [0, 0.05) is 7.11 Å². The molecule has 0 fully saturated rings. The lowest BCUT2D eigenvalue weighted by atomic mass is 10.1. The lowest BCUT2D eigenvalue weighted by Gasteiger charge is -2.14. The monoisotopic (exact) mass is 282 g/mol. The number of aliphatic hydroxyl groups excluding tert-OH is 1. The minimum atomic E-state index is -4.75. The molecule has 0 saturated carbocycles. The maximum atomic E-state index is 13.3. The molecule has 1 rings (SSSR count). The van der Waals surface area contributed by atoms with Crippen molar-refractivity contribution in [2.75, 3.05) is 26.9 Å². The van der Waals surface area contributed by atoms with E-state index in [1.165, 1.54) is 7.11 Å². The first-order valence-corrected chi connectivity index (χ1v) is 5.47. The second kappa shape index (κ2) is 6.83. The highest BCUT2D eigenvalue weighted by Gasteiger charge is 2.34. The molecule has 1 atom stereocenters. The van der Waals surface area contributed by atoms with Crippen molar-refractivity contribution in [3.05, 3.63) is 35.1 Å². The third-order valence-corrected chi connectivity index (χ3v) is 2.39. The SMILES string of the molecule is COCCOCC(O)c1ccc(C(F)(F)F)c(F)c1. The summed E-state index contributed by atoms with van der Waals surface area (Å²) in [5.74, 6) is -1.42. The lowest BCUT2D eigenvalue weighted by molar-refractivity contribution is -0.140. The summed E-state index contributed by atoms with van der Waals surface area (Å²) < 4.78 is 60.0. The Morgan fingerprint density at radius 3 is 2.47 bits per heavy atom. The van der Waals surface area contributed by atoms with E-state index in [-0.39, 0.29) is 18.8 Å². The van der Waals surface area contributed by atoms with Crippen LogP contribution in [0.4, 0.5) is 17.6 Å². The molecule has 0 bridgehead atoms. The molecule has 1 aromatic rings. The molecule has 1 aromatic carbocycles. The lowest BCUT2D eigenvalue weighted by Crippen LogP contribution is -2.13. The Hall–Kier alpha value is -1.18. The number of rotatable bonds is 6. The van der Waals surface area contributed by atoms with Crippen LogP contribution in [0.3, 0.4) is 0 Å². The van der Waals surface area contributed by atoms with Crippen molar-refractivity contribution in [2.24, 2.45) is 0 Å². The Morgan fingerprint density at radius 1 is 1.26 bits per heavy atom. The first-order valence-electron chi connectivity index (χ1n) is 5.47. The van der Waals surface area contributed by atoms with Crippen LogP contribution in [0.2, 0.25) is 0 Å². The summed E-state index contributed by atoms with van der Waals surface area (Å²) in [6.45, 7) is 0.416. The molecule has 0 spiro atoms. The fraction of sp³-hybridized carbons (Fsp3) is 0.500. The van der Waals surface area contributed by atoms with Crippen LogP contribution >= 0.6 is 0 Å². The number of hydrogen-bond acceptors (Lipinski definition) is 3. The van der Waals surface area contributed by atoms with Gasteiger partial charge in [0.15, 0.2) is 0 Å². The van der Waals surface area contributed by atoms with E-state index in [1.54, 1.807) is 0 Å². The summed E-state index contributed by atoms with van der Waals surface area (Å²) >= 11 is 0. The summed E-state index contributed by atoms with van der Waals surface area (Å²) in [4.78, 5) is 0. The number of methoxy groups -OCH3 is 1. The van der Waals surface area contributed by atoms with Crippen LogP contribution in [0.5, 0.6) is 0 Å². The molecule has 0 aromatic heterocycles. The molecule has 0 radical (unpaired) electrons. The Kier molecular flexibility index (Phi) is 5.71. The van der Waals surface area contributed by atoms with Crippen molar-refractivity contribution < 1.29 is 32.1 Å². The highest BCUT2D eigenvalue weighted by molar-refractivity contribution is 5.27. The van der Waals surface area contributed by atoms with Crippen LogP contribution in [0, 0.1) is 5.82 Å². The largest absolute Gasteiger partial charge is 0.419 e. The predicted octanol–water partition coefficient (Wildman–Crippen LogP) is 2.54. The highest BCUT2D eigenvalue weighted by Crippen LogP contribution is 2.32. The molecule has 108 valence electrons. The van der Waals surface area contributed by atoms with E-state index in [0.717, 1.165) is 6.07 Å². The Labute approximate surface area is 107 Å². The molecule has 0 aliphatic heterocycles. The molecule has 1 unspecified atom stereocenters. The van der Waals surface area contributed by atoms with Gasteiger partial charge in [-0.05, 0) is 17.7 Å². The van der Waals surface area contributed by atoms with E-state index in [0.29, 0.717) is 18.7 Å². The predicted molar refractivity (Wildman–Crippen MR) is 59.1 cm³/mol. The molecule has 1 N–H and O–H groups in total. The van der Waals surface area contributed by atoms with Crippen LogP contribution < -0.4 is 0 Å². The second-order valence-electron chi connectivity index (χ2n) is 3.82. The number of alkyl halides is 3. The smallest absolute Gasteiger partial charge is 0.386 e. The van der Waals surface area contributed by atoms with Crippen molar-refractivity contribution in [3.8, 4) is 0 Å². The summed E-state index contributed by atoms with van der Waals surface area (Å²) in [7, 11) is 1.48. The van der Waals surface area contributed by atoms with Gasteiger partial charge in [-0.25, -0.2) is 4.39 Å². The number of hydrogen-bond donors (Lipinski definition) is 1. The normalized spacial score (nSPS) is 13.6. The van der Waals surface area contributed by atoms with Crippen LogP contribution in [0.25, 0.3) is 0 Å². The van der Waals surface area contributed by atoms with E-state index < -0.39 is 23.7 Å². The standard InChI is InChI=1S/C12H14F4O3/c1-18-4-5-19-7-11(17)8-2-3-9(10(13)6-8)12(14,15)16/h2-3,6,11,17H,4-5,7H2,1H3. The van der Waals surface area contributed by atoms with Crippen LogP contribution in [0.1, 0.15) is 17.2 Å². The Bertz CT molecular complexity index is 406. The number of benzene rings is 1. The number of halogens is 4. The first-order chi connectivity index (χ1) is 8.86. The van der Waals surface area contributed by atoms with Crippen molar-refractivity contribution in [1.82, 2.24) is 0 Å². The maximum Gasteiger partial charge on any atom is 0.419 e. The molecule has 0 saturated heterocycles. The molecule has 7 heteroatoms. The molecule has 0 aliphatic rings. The molecular weight excluding hydrogens is 268 g/mol. The van der Waals surface area contributed by atoms with Gasteiger partial charge in [0.05, 0.1) is 25.4 Å². The summed E-state index contributed by atoms with van der Waals surface area (Å²) in [5.41, 5.74) is -1.33. The summed E-state index contributed by atoms with van der Waals surface area (Å²) in [5, 5.41) is 9.62. The minimum Gasteiger partial charge on any atom is -0.386 e. The van der Waals surface area contributed by atoms with Crippen LogP contribution in [-0.2, 0) is 15.7 Å². The van der Waals surface area contributed by atoms with Crippen molar-refractivity contribution in [2.45, 2.75) is 12.3 Å². The molecule has 3 nitrogen and oxygen atoms in total. The van der Waals surface area contributed by atoms with Gasteiger partial charge in [0.2, 0.25) is 0 Å². The van der Waals surface area contributed by atoms with Crippen molar-refractivity contribution >= 4 is 0 Å². The van der Waals surface area contributed by atoms with Gasteiger partial charge in [-0.2, -0.15) is 13.2 Å². The molecule has 0 aliphatic carbocycles. The second-order valence-corrected chi connectivity index (χ2v) is 3.82. The van der Waals surface area contributed by atoms with Gasteiger partial charge in [-0.3, -0.25) is 0 Å². The van der Waals surface area contributed by atoms with Gasteiger partial charge >= 0.3 is 6.18 Å². The number of aliphatic hydroxyl groups is 1. The number of ether oxygens (including phenoxy) is 2. The zero-order valence-electron chi connectivity index (χ0n) is 10.2. The molecular formula is C12H14F4O3. The quantitative estimate of drug-likeness (QED) is 0.643. The summed E-state index contributed by atoms with van der Waals surface area (Å²) in [6, 6.07) is 2.28. The van der Waals surface area contributed by atoms with Gasteiger partial charge in [0.1, 0.15) is 11.9 Å². The van der Waals surface area contributed by atoms with E-state index >= 15 is 0 Å². The van der Waals surface area contributed by atoms with E-state index in [2.05, 4.69) is 0 Å². The van der Waals surface area contributed by atoms with Gasteiger partial charge in [-0.15, -0.1) is 0 Å². The zero-order chi connectivity index (χ0) is 14.5. The average molecular weight is 282 g/mol. The fourth-order valence-electron chi connectivity index (χ4n) is 1.40. The Morgan fingerprint density at radius 2 is 1.95 bits per heavy atom. The van der Waals surface area contributed by atoms with E-state index in [1.807, 2.05) is 0 Å². The third-order valence-electron chi connectivity index (χ3n) is 2.39. The molecule has 0 amide bonds. The molecule has 0 heterocycles. The zero-order valence-corrected chi connectivity index (χ0v) is 10.2. The topological polar surface area (TPSA) is 38.7 Å². The molecule has 19 heavy (non-hydrogen) atoms. The minimum absolute atomic E-state index is 0.0305. The van der Waals surface area contributed by atoms with Crippen molar-refractivity contribution in [1.29, 1.82) is 0 Å². The van der Waals surface area contributed by atoms with E-state index in [4.69, 9.17) is 9.47 Å². The first kappa shape index (κ1) is 15.9. The van der Waals surface area contributed by atoms with Gasteiger partial charge in [-0.1, -0.05) is 6.07 Å².